The molecule has 2 amide bonds. The van der Waals surface area contributed by atoms with Crippen LogP contribution in [0.1, 0.15) is 23.4 Å². The third-order valence-electron chi connectivity index (χ3n) is 6.55. The summed E-state index contributed by atoms with van der Waals surface area (Å²) in [6.45, 7) is 3.38. The number of piperazine rings is 1. The molecular weight excluding hydrogens is 482 g/mol. The molecule has 4 heterocycles. The lowest BCUT2D eigenvalue weighted by Gasteiger charge is -2.36. The number of benzene rings is 1. The summed E-state index contributed by atoms with van der Waals surface area (Å²) in [6.07, 6.45) is 3.25. The van der Waals surface area contributed by atoms with Crippen molar-refractivity contribution in [2.45, 2.75) is 18.9 Å². The van der Waals surface area contributed by atoms with Gasteiger partial charge in [-0.15, -0.1) is 10.2 Å². The van der Waals surface area contributed by atoms with Gasteiger partial charge in [-0.3, -0.25) is 9.59 Å². The van der Waals surface area contributed by atoms with Crippen molar-refractivity contribution in [3.8, 4) is 11.3 Å². The first-order valence-electron chi connectivity index (χ1n) is 12.1. The van der Waals surface area contributed by atoms with Crippen molar-refractivity contribution in [2.75, 3.05) is 50.8 Å². The van der Waals surface area contributed by atoms with E-state index in [-0.39, 0.29) is 30.2 Å². The summed E-state index contributed by atoms with van der Waals surface area (Å²) in [6, 6.07) is 14.6. The van der Waals surface area contributed by atoms with Gasteiger partial charge in [0.05, 0.1) is 23.1 Å². The van der Waals surface area contributed by atoms with E-state index in [1.165, 1.54) is 6.26 Å². The third-order valence-corrected chi connectivity index (χ3v) is 6.88. The van der Waals surface area contributed by atoms with Crippen LogP contribution in [0.15, 0.2) is 59.2 Å². The van der Waals surface area contributed by atoms with Gasteiger partial charge in [-0.25, -0.2) is 0 Å². The van der Waals surface area contributed by atoms with Crippen LogP contribution in [0.3, 0.4) is 0 Å². The van der Waals surface area contributed by atoms with Crippen LogP contribution in [0.4, 0.5) is 5.82 Å². The molecular formula is C26H28ClN5O4. The van der Waals surface area contributed by atoms with E-state index in [0.717, 1.165) is 24.2 Å². The van der Waals surface area contributed by atoms with Crippen LogP contribution in [-0.2, 0) is 9.53 Å². The zero-order chi connectivity index (χ0) is 24.9. The lowest BCUT2D eigenvalue weighted by atomic mass is 10.1. The number of rotatable bonds is 7. The molecule has 9 nitrogen and oxygen atoms in total. The summed E-state index contributed by atoms with van der Waals surface area (Å²) < 4.78 is 11.0. The summed E-state index contributed by atoms with van der Waals surface area (Å²) in [5, 5.41) is 9.36. The van der Waals surface area contributed by atoms with E-state index in [4.69, 9.17) is 20.8 Å². The van der Waals surface area contributed by atoms with E-state index in [1.807, 2.05) is 36.4 Å². The van der Waals surface area contributed by atoms with Gasteiger partial charge in [0.2, 0.25) is 5.91 Å². The first kappa shape index (κ1) is 24.3. The summed E-state index contributed by atoms with van der Waals surface area (Å²) in [4.78, 5) is 31.5. The number of hydrogen-bond donors (Lipinski definition) is 0. The van der Waals surface area contributed by atoms with Crippen LogP contribution in [0.5, 0.6) is 0 Å². The molecule has 0 bridgehead atoms. The van der Waals surface area contributed by atoms with Gasteiger partial charge in [0.15, 0.2) is 11.6 Å². The van der Waals surface area contributed by atoms with Crippen molar-refractivity contribution < 1.29 is 18.7 Å². The van der Waals surface area contributed by atoms with Crippen molar-refractivity contribution in [1.82, 2.24) is 20.0 Å². The van der Waals surface area contributed by atoms with Crippen LogP contribution in [-0.4, -0.2) is 83.8 Å². The molecule has 10 heteroatoms. The lowest BCUT2D eigenvalue weighted by molar-refractivity contribution is -0.132. The molecule has 2 saturated heterocycles. The number of carbonyl (C=O) groups excluding carboxylic acids is 2. The van der Waals surface area contributed by atoms with Crippen molar-refractivity contribution in [3.05, 3.63) is 65.6 Å². The maximum absolute atomic E-state index is 13.1. The van der Waals surface area contributed by atoms with Crippen LogP contribution >= 0.6 is 11.6 Å². The van der Waals surface area contributed by atoms with Gasteiger partial charge >= 0.3 is 0 Å². The number of ether oxygens (including phenoxy) is 1. The SMILES string of the molecule is O=C(CN(C[C@@H]1CCCO1)C(=O)c1ccco1)N1CCN(c2ccc(-c3ccccc3Cl)nn2)CC1. The predicted molar refractivity (Wildman–Crippen MR) is 135 cm³/mol. The van der Waals surface area contributed by atoms with Crippen LogP contribution in [0.2, 0.25) is 5.02 Å². The molecule has 0 N–H and O–H groups in total. The standard InChI is InChI=1S/C26H28ClN5O4/c27-21-7-2-1-6-20(21)22-9-10-24(29-28-22)30-11-13-31(14-12-30)25(33)18-32(17-19-5-3-15-35-19)26(34)23-8-4-16-36-23/h1-2,4,6-10,16,19H,3,5,11-15,17-18H2/t19-/m0/s1. The van der Waals surface area contributed by atoms with Gasteiger partial charge in [0.25, 0.3) is 5.91 Å². The number of halogens is 1. The Balaban J connectivity index is 1.18. The molecule has 0 saturated carbocycles. The number of carbonyl (C=O) groups is 2. The second-order valence-electron chi connectivity index (χ2n) is 8.92. The predicted octanol–water partition coefficient (Wildman–Crippen LogP) is 3.36. The smallest absolute Gasteiger partial charge is 0.290 e. The first-order chi connectivity index (χ1) is 17.6. The first-order valence-corrected chi connectivity index (χ1v) is 12.5. The van der Waals surface area contributed by atoms with E-state index < -0.39 is 0 Å². The molecule has 36 heavy (non-hydrogen) atoms. The Labute approximate surface area is 214 Å². The molecule has 2 aliphatic heterocycles. The van der Waals surface area contributed by atoms with Crippen LogP contribution in [0.25, 0.3) is 11.3 Å². The molecule has 188 valence electrons. The summed E-state index contributed by atoms with van der Waals surface area (Å²) in [5.41, 5.74) is 1.55. The minimum absolute atomic E-state index is 0.00820. The number of aromatic nitrogens is 2. The van der Waals surface area contributed by atoms with Gasteiger partial charge in [-0.1, -0.05) is 29.8 Å². The minimum Gasteiger partial charge on any atom is -0.459 e. The molecule has 1 atom stereocenters. The summed E-state index contributed by atoms with van der Waals surface area (Å²) in [5.74, 6) is 0.597. The molecule has 0 aliphatic carbocycles. The number of nitrogens with zero attached hydrogens (tertiary/aromatic N) is 5. The molecule has 2 aromatic heterocycles. The molecule has 2 fully saturated rings. The highest BCUT2D eigenvalue weighted by atomic mass is 35.5. The van der Waals surface area contributed by atoms with Gasteiger partial charge in [-0.2, -0.15) is 0 Å². The summed E-state index contributed by atoms with van der Waals surface area (Å²) in [7, 11) is 0. The zero-order valence-electron chi connectivity index (χ0n) is 19.9. The Kier molecular flexibility index (Phi) is 7.48. The van der Waals surface area contributed by atoms with Gasteiger partial charge in [0.1, 0.15) is 6.54 Å². The highest BCUT2D eigenvalue weighted by Crippen LogP contribution is 2.26. The molecule has 0 spiro atoms. The maximum atomic E-state index is 13.1. The van der Waals surface area contributed by atoms with Crippen molar-refractivity contribution >= 4 is 29.2 Å². The fourth-order valence-corrected chi connectivity index (χ4v) is 4.80. The fraction of sp³-hybridized carbons (Fsp3) is 0.385. The minimum atomic E-state index is -0.295. The second kappa shape index (κ2) is 11.1. The van der Waals surface area contributed by atoms with E-state index in [2.05, 4.69) is 15.1 Å². The second-order valence-corrected chi connectivity index (χ2v) is 9.33. The van der Waals surface area contributed by atoms with E-state index in [9.17, 15) is 9.59 Å². The van der Waals surface area contributed by atoms with Gasteiger partial charge in [-0.05, 0) is 43.2 Å². The topological polar surface area (TPSA) is 92.0 Å². The Morgan fingerprint density at radius 2 is 1.86 bits per heavy atom. The Morgan fingerprint density at radius 1 is 1.03 bits per heavy atom. The van der Waals surface area contributed by atoms with Gasteiger partial charge in [0, 0.05) is 44.9 Å². The Morgan fingerprint density at radius 3 is 2.53 bits per heavy atom. The highest BCUT2D eigenvalue weighted by Gasteiger charge is 2.29. The molecule has 1 aromatic carbocycles. The van der Waals surface area contributed by atoms with E-state index in [1.54, 1.807) is 21.9 Å². The van der Waals surface area contributed by atoms with E-state index in [0.29, 0.717) is 50.0 Å². The number of furan rings is 1. The average Bonchev–Trinajstić information content (AvgIpc) is 3.63. The molecule has 0 unspecified atom stereocenters. The average molecular weight is 510 g/mol. The van der Waals surface area contributed by atoms with Gasteiger partial charge < -0.3 is 23.9 Å². The number of amides is 2. The monoisotopic (exact) mass is 509 g/mol. The lowest BCUT2D eigenvalue weighted by Crippen LogP contribution is -2.52. The molecule has 2 aliphatic rings. The highest BCUT2D eigenvalue weighted by molar-refractivity contribution is 6.33. The van der Waals surface area contributed by atoms with Crippen LogP contribution < -0.4 is 4.90 Å². The van der Waals surface area contributed by atoms with Crippen LogP contribution in [0, 0.1) is 0 Å². The largest absolute Gasteiger partial charge is 0.459 e. The van der Waals surface area contributed by atoms with E-state index >= 15 is 0 Å². The third kappa shape index (κ3) is 5.52. The van der Waals surface area contributed by atoms with Crippen molar-refractivity contribution in [3.63, 3.8) is 0 Å². The quantitative estimate of drug-likeness (QED) is 0.482. The number of hydrogen-bond acceptors (Lipinski definition) is 7. The van der Waals surface area contributed by atoms with Crippen molar-refractivity contribution in [2.24, 2.45) is 0 Å². The molecule has 5 rings (SSSR count). The maximum Gasteiger partial charge on any atom is 0.290 e. The summed E-state index contributed by atoms with van der Waals surface area (Å²) >= 11 is 6.27. The Bertz CT molecular complexity index is 1170. The normalized spacial score (nSPS) is 17.9. The zero-order valence-corrected chi connectivity index (χ0v) is 20.6. The molecule has 3 aromatic rings. The number of anilines is 1. The molecule has 0 radical (unpaired) electrons. The van der Waals surface area contributed by atoms with Crippen molar-refractivity contribution in [1.29, 1.82) is 0 Å². The Hall–Kier alpha value is -3.43. The fourth-order valence-electron chi connectivity index (χ4n) is 4.56.